The second-order valence-electron chi connectivity index (χ2n) is 7.18. The molecule has 0 saturated carbocycles. The topological polar surface area (TPSA) is 123 Å². The fourth-order valence-electron chi connectivity index (χ4n) is 2.93. The Labute approximate surface area is 190 Å². The Morgan fingerprint density at radius 3 is 2.39 bits per heavy atom. The number of hydrogen-bond donors (Lipinski definition) is 2. The molecular formula is C24H22N4O5. The number of amides is 2. The maximum Gasteiger partial charge on any atom is 0.273 e. The van der Waals surface area contributed by atoms with Crippen LogP contribution >= 0.6 is 0 Å². The quantitative estimate of drug-likeness (QED) is 0.308. The summed E-state index contributed by atoms with van der Waals surface area (Å²) in [6.45, 7) is 3.34. The van der Waals surface area contributed by atoms with E-state index in [9.17, 15) is 19.7 Å². The zero-order valence-corrected chi connectivity index (χ0v) is 18.1. The number of ether oxygens (including phenoxy) is 1. The molecule has 0 spiro atoms. The molecule has 0 aliphatic rings. The van der Waals surface area contributed by atoms with Crippen molar-refractivity contribution < 1.29 is 19.2 Å². The van der Waals surface area contributed by atoms with E-state index in [-0.39, 0.29) is 29.3 Å². The highest BCUT2D eigenvalue weighted by Gasteiger charge is 2.17. The van der Waals surface area contributed by atoms with E-state index < -0.39 is 10.8 Å². The van der Waals surface area contributed by atoms with Gasteiger partial charge in [-0.3, -0.25) is 19.7 Å². The Morgan fingerprint density at radius 2 is 1.73 bits per heavy atom. The molecular weight excluding hydrogens is 424 g/mol. The Balaban J connectivity index is 1.50. The number of nitrogens with one attached hydrogen (secondary N) is 2. The molecule has 0 heterocycles. The first kappa shape index (κ1) is 23.1. The monoisotopic (exact) mass is 446 g/mol. The highest BCUT2D eigenvalue weighted by atomic mass is 16.6. The molecule has 9 nitrogen and oxygen atoms in total. The van der Waals surface area contributed by atoms with E-state index in [4.69, 9.17) is 4.74 Å². The number of nitrogens with zero attached hydrogens (tertiary/aromatic N) is 2. The molecule has 0 bridgehead atoms. The van der Waals surface area contributed by atoms with Crippen molar-refractivity contribution in [2.75, 3.05) is 11.9 Å². The van der Waals surface area contributed by atoms with E-state index >= 15 is 0 Å². The molecule has 2 amide bonds. The lowest BCUT2D eigenvalue weighted by Crippen LogP contribution is -2.20. The third kappa shape index (κ3) is 6.47. The van der Waals surface area contributed by atoms with E-state index in [1.807, 2.05) is 31.2 Å². The van der Waals surface area contributed by atoms with Crippen molar-refractivity contribution in [1.29, 1.82) is 0 Å². The molecule has 0 saturated heterocycles. The zero-order chi connectivity index (χ0) is 23.8. The van der Waals surface area contributed by atoms with Gasteiger partial charge < -0.3 is 10.1 Å². The summed E-state index contributed by atoms with van der Waals surface area (Å²) in [6, 6.07) is 18.5. The van der Waals surface area contributed by atoms with E-state index in [0.717, 1.165) is 5.56 Å². The highest BCUT2D eigenvalue weighted by Crippen LogP contribution is 2.21. The van der Waals surface area contributed by atoms with Gasteiger partial charge in [-0.25, -0.2) is 5.43 Å². The Hall–Kier alpha value is -4.53. The zero-order valence-electron chi connectivity index (χ0n) is 18.1. The van der Waals surface area contributed by atoms with Gasteiger partial charge in [-0.1, -0.05) is 23.8 Å². The van der Waals surface area contributed by atoms with Gasteiger partial charge in [0.2, 0.25) is 0 Å². The maximum absolute atomic E-state index is 12.3. The van der Waals surface area contributed by atoms with Gasteiger partial charge in [-0.15, -0.1) is 0 Å². The van der Waals surface area contributed by atoms with E-state index in [1.165, 1.54) is 31.3 Å². The van der Waals surface area contributed by atoms with Crippen molar-refractivity contribution in [2.45, 2.75) is 13.8 Å². The van der Waals surface area contributed by atoms with Gasteiger partial charge in [0.15, 0.2) is 6.61 Å². The van der Waals surface area contributed by atoms with Crippen molar-refractivity contribution in [3.05, 3.63) is 99.1 Å². The fraction of sp³-hybridized carbons (Fsp3) is 0.125. The van der Waals surface area contributed by atoms with Gasteiger partial charge in [0.25, 0.3) is 17.5 Å². The molecule has 33 heavy (non-hydrogen) atoms. The number of anilines is 1. The van der Waals surface area contributed by atoms with Crippen LogP contribution in [0.4, 0.5) is 11.4 Å². The summed E-state index contributed by atoms with van der Waals surface area (Å²) in [7, 11) is 0. The van der Waals surface area contributed by atoms with E-state index in [0.29, 0.717) is 17.0 Å². The Morgan fingerprint density at radius 1 is 1.03 bits per heavy atom. The van der Waals surface area contributed by atoms with Crippen molar-refractivity contribution in [3.63, 3.8) is 0 Å². The second-order valence-corrected chi connectivity index (χ2v) is 7.18. The number of hydrogen-bond acceptors (Lipinski definition) is 6. The van der Waals surface area contributed by atoms with Gasteiger partial charge in [0.05, 0.1) is 16.7 Å². The number of rotatable bonds is 8. The highest BCUT2D eigenvalue weighted by molar-refractivity contribution is 5.97. The van der Waals surface area contributed by atoms with Crippen LogP contribution < -0.4 is 15.5 Å². The van der Waals surface area contributed by atoms with Gasteiger partial charge in [0, 0.05) is 17.3 Å². The first-order valence-electron chi connectivity index (χ1n) is 10.0. The smallest absolute Gasteiger partial charge is 0.273 e. The summed E-state index contributed by atoms with van der Waals surface area (Å²) in [5, 5.41) is 17.7. The number of carbonyl (C=O) groups is 2. The minimum Gasteiger partial charge on any atom is -0.484 e. The molecule has 0 radical (unpaired) electrons. The largest absolute Gasteiger partial charge is 0.484 e. The molecule has 3 rings (SSSR count). The number of hydrazone groups is 1. The number of carbonyl (C=O) groups excluding carboxylic acids is 2. The van der Waals surface area contributed by atoms with Crippen LogP contribution in [0.1, 0.15) is 27.0 Å². The fourth-order valence-corrected chi connectivity index (χ4v) is 2.93. The number of nitro groups is 1. The predicted octanol–water partition coefficient (Wildman–Crippen LogP) is 3.99. The van der Waals surface area contributed by atoms with Gasteiger partial charge in [-0.2, -0.15) is 5.10 Å². The molecule has 3 aromatic carbocycles. The van der Waals surface area contributed by atoms with Gasteiger partial charge in [-0.05, 0) is 61.9 Å². The lowest BCUT2D eigenvalue weighted by Gasteiger charge is -2.08. The first-order chi connectivity index (χ1) is 15.8. The number of benzene rings is 3. The second kappa shape index (κ2) is 10.7. The number of aryl methyl sites for hydroxylation is 1. The van der Waals surface area contributed by atoms with Crippen LogP contribution in [0.2, 0.25) is 0 Å². The molecule has 0 aliphatic carbocycles. The summed E-state index contributed by atoms with van der Waals surface area (Å²) in [6.07, 6.45) is 1.43. The van der Waals surface area contributed by atoms with Crippen molar-refractivity contribution >= 4 is 29.4 Å². The molecule has 0 aliphatic heterocycles. The van der Waals surface area contributed by atoms with Crippen molar-refractivity contribution in [2.24, 2.45) is 5.10 Å². The summed E-state index contributed by atoms with van der Waals surface area (Å²) >= 11 is 0. The molecule has 2 N–H and O–H groups in total. The summed E-state index contributed by atoms with van der Waals surface area (Å²) < 4.78 is 5.48. The Kier molecular flexibility index (Phi) is 7.48. The first-order valence-corrected chi connectivity index (χ1v) is 10.0. The lowest BCUT2D eigenvalue weighted by atomic mass is 10.1. The minimum atomic E-state index is -0.549. The summed E-state index contributed by atoms with van der Waals surface area (Å²) in [5.41, 5.74) is 5.15. The van der Waals surface area contributed by atoms with E-state index in [2.05, 4.69) is 15.8 Å². The van der Waals surface area contributed by atoms with Crippen LogP contribution in [0.15, 0.2) is 71.8 Å². The van der Waals surface area contributed by atoms with E-state index in [1.54, 1.807) is 24.3 Å². The predicted molar refractivity (Wildman–Crippen MR) is 125 cm³/mol. The molecule has 0 fully saturated rings. The van der Waals surface area contributed by atoms with Crippen LogP contribution in [-0.4, -0.2) is 29.6 Å². The molecule has 3 aromatic rings. The maximum atomic E-state index is 12.3. The van der Waals surface area contributed by atoms with Gasteiger partial charge >= 0.3 is 0 Å². The summed E-state index contributed by atoms with van der Waals surface area (Å²) in [4.78, 5) is 34.8. The molecule has 0 aromatic heterocycles. The average molecular weight is 446 g/mol. The van der Waals surface area contributed by atoms with Crippen LogP contribution in [0.5, 0.6) is 5.75 Å². The number of nitro benzene ring substituents is 1. The molecule has 168 valence electrons. The third-order valence-electron chi connectivity index (χ3n) is 4.71. The van der Waals surface area contributed by atoms with Crippen molar-refractivity contribution in [1.82, 2.24) is 5.43 Å². The summed E-state index contributed by atoms with van der Waals surface area (Å²) in [5.74, 6) is -0.321. The standard InChI is InChI=1S/C24H22N4O5/c1-16-6-10-19(11-7-16)26-23(29)15-33-20-12-8-18(9-13-20)14-25-27-24(30)21-4-3-5-22(17(21)2)28(31)32/h3-14H,15H2,1-2H3,(H,26,29)(H,27,30)/b25-14+. The Bertz CT molecular complexity index is 1190. The van der Waals surface area contributed by atoms with Crippen LogP contribution in [0.3, 0.4) is 0 Å². The molecule has 0 unspecified atom stereocenters. The lowest BCUT2D eigenvalue weighted by molar-refractivity contribution is -0.385. The SMILES string of the molecule is Cc1ccc(NC(=O)COc2ccc(/C=N/NC(=O)c3cccc([N+](=O)[O-])c3C)cc2)cc1. The van der Waals surface area contributed by atoms with Crippen LogP contribution in [0.25, 0.3) is 0 Å². The minimum absolute atomic E-state index is 0.130. The third-order valence-corrected chi connectivity index (χ3v) is 4.71. The molecule has 0 atom stereocenters. The average Bonchev–Trinajstić information content (AvgIpc) is 2.80. The van der Waals surface area contributed by atoms with Gasteiger partial charge in [0.1, 0.15) is 5.75 Å². The molecule has 9 heteroatoms. The van der Waals surface area contributed by atoms with Crippen molar-refractivity contribution in [3.8, 4) is 5.75 Å². The normalized spacial score (nSPS) is 10.6. The van der Waals surface area contributed by atoms with Crippen LogP contribution in [-0.2, 0) is 4.79 Å². The van der Waals surface area contributed by atoms with Crippen LogP contribution in [0, 0.1) is 24.0 Å².